The number of para-hydroxylation sites is 1. The van der Waals surface area contributed by atoms with E-state index in [1.807, 2.05) is 60.5 Å². The first kappa shape index (κ1) is 19.6. The van der Waals surface area contributed by atoms with Gasteiger partial charge < -0.3 is 10.0 Å². The van der Waals surface area contributed by atoms with Gasteiger partial charge in [-0.25, -0.2) is 4.98 Å². The molecule has 3 rings (SSSR count). The number of nitrogens with one attached hydrogen (secondary N) is 1. The third kappa shape index (κ3) is 4.95. The number of hydrogen-bond acceptors (Lipinski definition) is 5. The Balaban J connectivity index is 1.73. The van der Waals surface area contributed by atoms with E-state index in [1.54, 1.807) is 12.1 Å². The number of carboxylic acid groups (broad SMARTS) is 1. The summed E-state index contributed by atoms with van der Waals surface area (Å²) in [5.41, 5.74) is 4.21. The lowest BCUT2D eigenvalue weighted by Crippen LogP contribution is -2.29. The van der Waals surface area contributed by atoms with E-state index in [0.29, 0.717) is 17.2 Å². The molecule has 0 spiro atoms. The SMILES string of the molecule is Cc1csc(NC(=O)c2ccc(CN(CC(=O)O)c3ccccc3C)cc2)n1. The molecule has 3 aromatic rings. The Morgan fingerprint density at radius 3 is 2.43 bits per heavy atom. The molecule has 0 saturated carbocycles. The van der Waals surface area contributed by atoms with Crippen molar-refractivity contribution < 1.29 is 14.7 Å². The standard InChI is InChI=1S/C21H21N3O3S/c1-14-5-3-4-6-18(14)24(12-19(25)26)11-16-7-9-17(10-8-16)20(27)23-21-22-15(2)13-28-21/h3-10,13H,11-12H2,1-2H3,(H,25,26)(H,22,23,27). The fourth-order valence-corrected chi connectivity index (χ4v) is 3.55. The van der Waals surface area contributed by atoms with Crippen LogP contribution in [0.1, 0.15) is 27.2 Å². The molecule has 0 atom stereocenters. The highest BCUT2D eigenvalue weighted by Gasteiger charge is 2.14. The third-order valence-corrected chi connectivity index (χ3v) is 5.09. The molecule has 0 aliphatic carbocycles. The second-order valence-corrected chi connectivity index (χ2v) is 7.34. The number of aromatic nitrogens is 1. The molecule has 0 fully saturated rings. The van der Waals surface area contributed by atoms with Crippen molar-refractivity contribution in [2.75, 3.05) is 16.8 Å². The van der Waals surface area contributed by atoms with Crippen LogP contribution in [0.5, 0.6) is 0 Å². The lowest BCUT2D eigenvalue weighted by Gasteiger charge is -2.25. The quantitative estimate of drug-likeness (QED) is 0.629. The zero-order valence-electron chi connectivity index (χ0n) is 15.7. The maximum absolute atomic E-state index is 12.3. The maximum Gasteiger partial charge on any atom is 0.323 e. The average Bonchev–Trinajstić information content (AvgIpc) is 3.06. The zero-order chi connectivity index (χ0) is 20.1. The van der Waals surface area contributed by atoms with Crippen molar-refractivity contribution in [3.8, 4) is 0 Å². The number of rotatable bonds is 7. The fraction of sp³-hybridized carbons (Fsp3) is 0.190. The van der Waals surface area contributed by atoms with Gasteiger partial charge >= 0.3 is 5.97 Å². The second-order valence-electron chi connectivity index (χ2n) is 6.48. The fourth-order valence-electron chi connectivity index (χ4n) is 2.87. The number of aliphatic carboxylic acids is 1. The molecule has 0 aliphatic rings. The largest absolute Gasteiger partial charge is 0.480 e. The van der Waals surface area contributed by atoms with Crippen molar-refractivity contribution in [1.29, 1.82) is 0 Å². The van der Waals surface area contributed by atoms with E-state index in [4.69, 9.17) is 0 Å². The summed E-state index contributed by atoms with van der Waals surface area (Å²) >= 11 is 1.38. The van der Waals surface area contributed by atoms with Gasteiger partial charge in [-0.2, -0.15) is 0 Å². The normalized spacial score (nSPS) is 10.5. The van der Waals surface area contributed by atoms with Gasteiger partial charge in [0.25, 0.3) is 5.91 Å². The van der Waals surface area contributed by atoms with E-state index in [1.165, 1.54) is 11.3 Å². The minimum absolute atomic E-state index is 0.101. The Labute approximate surface area is 167 Å². The van der Waals surface area contributed by atoms with Crippen LogP contribution in [0.2, 0.25) is 0 Å². The molecule has 1 aromatic heterocycles. The van der Waals surface area contributed by atoms with Crippen molar-refractivity contribution in [2.24, 2.45) is 0 Å². The zero-order valence-corrected chi connectivity index (χ0v) is 16.5. The van der Waals surface area contributed by atoms with E-state index in [-0.39, 0.29) is 12.5 Å². The molecular weight excluding hydrogens is 374 g/mol. The van der Waals surface area contributed by atoms with Gasteiger partial charge in [0, 0.05) is 23.2 Å². The molecule has 7 heteroatoms. The van der Waals surface area contributed by atoms with Gasteiger partial charge in [-0.1, -0.05) is 30.3 Å². The van der Waals surface area contributed by atoms with Gasteiger partial charge in [0.1, 0.15) is 6.54 Å². The summed E-state index contributed by atoms with van der Waals surface area (Å²) in [5.74, 6) is -1.11. The first-order chi connectivity index (χ1) is 13.4. The summed E-state index contributed by atoms with van der Waals surface area (Å²) in [5, 5.41) is 14.5. The summed E-state index contributed by atoms with van der Waals surface area (Å²) < 4.78 is 0. The van der Waals surface area contributed by atoms with Crippen molar-refractivity contribution in [1.82, 2.24) is 4.98 Å². The van der Waals surface area contributed by atoms with Gasteiger partial charge in [-0.05, 0) is 43.2 Å². The van der Waals surface area contributed by atoms with E-state index in [2.05, 4.69) is 10.3 Å². The summed E-state index contributed by atoms with van der Waals surface area (Å²) in [6, 6.07) is 14.8. The topological polar surface area (TPSA) is 82.5 Å². The molecule has 0 bridgehead atoms. The molecule has 0 radical (unpaired) electrons. The minimum atomic E-state index is -0.891. The molecule has 2 N–H and O–H groups in total. The number of carbonyl (C=O) groups excluding carboxylic acids is 1. The minimum Gasteiger partial charge on any atom is -0.480 e. The number of carbonyl (C=O) groups is 2. The number of aryl methyl sites for hydroxylation is 2. The van der Waals surface area contributed by atoms with Crippen LogP contribution in [0.3, 0.4) is 0 Å². The van der Waals surface area contributed by atoms with Crippen LogP contribution in [-0.4, -0.2) is 28.5 Å². The van der Waals surface area contributed by atoms with Crippen LogP contribution in [0.25, 0.3) is 0 Å². The monoisotopic (exact) mass is 395 g/mol. The molecule has 0 unspecified atom stereocenters. The Kier molecular flexibility index (Phi) is 6.06. The van der Waals surface area contributed by atoms with Crippen molar-refractivity contribution in [3.05, 3.63) is 76.3 Å². The number of thiazole rings is 1. The van der Waals surface area contributed by atoms with Crippen molar-refractivity contribution in [2.45, 2.75) is 20.4 Å². The maximum atomic E-state index is 12.3. The van der Waals surface area contributed by atoms with Gasteiger partial charge in [0.15, 0.2) is 5.13 Å². The molecular formula is C21H21N3O3S. The lowest BCUT2D eigenvalue weighted by molar-refractivity contribution is -0.135. The number of benzene rings is 2. The molecule has 6 nitrogen and oxygen atoms in total. The first-order valence-electron chi connectivity index (χ1n) is 8.77. The molecule has 0 saturated heterocycles. The number of hydrogen-bond donors (Lipinski definition) is 2. The summed E-state index contributed by atoms with van der Waals surface area (Å²) in [6.07, 6.45) is 0. The van der Waals surface area contributed by atoms with Gasteiger partial charge in [-0.3, -0.25) is 14.9 Å². The predicted octanol–water partition coefficient (Wildman–Crippen LogP) is 4.10. The van der Waals surface area contributed by atoms with E-state index < -0.39 is 5.97 Å². The third-order valence-electron chi connectivity index (χ3n) is 4.21. The smallest absolute Gasteiger partial charge is 0.323 e. The highest BCUT2D eigenvalue weighted by atomic mass is 32.1. The highest BCUT2D eigenvalue weighted by Crippen LogP contribution is 2.22. The highest BCUT2D eigenvalue weighted by molar-refractivity contribution is 7.13. The lowest BCUT2D eigenvalue weighted by atomic mass is 10.1. The summed E-state index contributed by atoms with van der Waals surface area (Å²) in [4.78, 5) is 29.7. The summed E-state index contributed by atoms with van der Waals surface area (Å²) in [7, 11) is 0. The van der Waals surface area contributed by atoms with Crippen LogP contribution >= 0.6 is 11.3 Å². The van der Waals surface area contributed by atoms with Crippen molar-refractivity contribution >= 4 is 34.0 Å². The first-order valence-corrected chi connectivity index (χ1v) is 9.65. The van der Waals surface area contributed by atoms with Gasteiger partial charge in [0.2, 0.25) is 0 Å². The second kappa shape index (κ2) is 8.67. The number of anilines is 2. The Hall–Kier alpha value is -3.19. The van der Waals surface area contributed by atoms with Gasteiger partial charge in [-0.15, -0.1) is 11.3 Å². The molecule has 1 amide bonds. The molecule has 28 heavy (non-hydrogen) atoms. The predicted molar refractivity (Wildman–Crippen MR) is 111 cm³/mol. The van der Waals surface area contributed by atoms with E-state index in [9.17, 15) is 14.7 Å². The van der Waals surface area contributed by atoms with Crippen LogP contribution in [0.4, 0.5) is 10.8 Å². The van der Waals surface area contributed by atoms with Crippen LogP contribution in [-0.2, 0) is 11.3 Å². The Morgan fingerprint density at radius 2 is 1.82 bits per heavy atom. The van der Waals surface area contributed by atoms with E-state index in [0.717, 1.165) is 22.5 Å². The Morgan fingerprint density at radius 1 is 1.11 bits per heavy atom. The number of nitrogens with zero attached hydrogens (tertiary/aromatic N) is 2. The van der Waals surface area contributed by atoms with Crippen molar-refractivity contribution in [3.63, 3.8) is 0 Å². The van der Waals surface area contributed by atoms with Crippen LogP contribution in [0, 0.1) is 13.8 Å². The molecule has 144 valence electrons. The average molecular weight is 395 g/mol. The van der Waals surface area contributed by atoms with Crippen LogP contribution < -0.4 is 10.2 Å². The summed E-state index contributed by atoms with van der Waals surface area (Å²) in [6.45, 7) is 4.16. The van der Waals surface area contributed by atoms with Crippen LogP contribution in [0.15, 0.2) is 53.9 Å². The number of carboxylic acids is 1. The van der Waals surface area contributed by atoms with Gasteiger partial charge in [0.05, 0.1) is 5.69 Å². The van der Waals surface area contributed by atoms with E-state index >= 15 is 0 Å². The number of amides is 1. The molecule has 0 aliphatic heterocycles. The Bertz CT molecular complexity index is 983. The molecule has 1 heterocycles. The molecule has 2 aromatic carbocycles.